The number of carbonyl (C=O) groups excluding carboxylic acids is 2. The molecule has 1 aromatic carbocycles. The lowest BCUT2D eigenvalue weighted by Gasteiger charge is -2.12. The number of aromatic nitrogens is 3. The van der Waals surface area contributed by atoms with Gasteiger partial charge in [-0.25, -0.2) is 14.8 Å². The van der Waals surface area contributed by atoms with E-state index in [4.69, 9.17) is 4.74 Å². The third-order valence-electron chi connectivity index (χ3n) is 3.99. The van der Waals surface area contributed by atoms with E-state index in [2.05, 4.69) is 20.6 Å². The first-order valence-corrected chi connectivity index (χ1v) is 7.80. The molecule has 2 aromatic heterocycles. The number of carbonyl (C=O) groups is 2. The van der Waals surface area contributed by atoms with Crippen LogP contribution in [0.4, 0.5) is 4.79 Å². The highest BCUT2D eigenvalue weighted by molar-refractivity contribution is 5.87. The van der Waals surface area contributed by atoms with Crippen LogP contribution in [0, 0.1) is 0 Å². The number of pyridine rings is 1. The van der Waals surface area contributed by atoms with Crippen molar-refractivity contribution in [3.8, 4) is 5.82 Å². The van der Waals surface area contributed by atoms with E-state index in [0.29, 0.717) is 5.82 Å². The van der Waals surface area contributed by atoms with Gasteiger partial charge < -0.3 is 15.4 Å². The second-order valence-electron chi connectivity index (χ2n) is 5.60. The van der Waals surface area contributed by atoms with Crippen LogP contribution in [0.2, 0.25) is 0 Å². The molecule has 1 fully saturated rings. The summed E-state index contributed by atoms with van der Waals surface area (Å²) in [6.45, 7) is 0.317. The van der Waals surface area contributed by atoms with E-state index in [0.717, 1.165) is 16.6 Å². The number of para-hydroxylation sites is 2. The lowest BCUT2D eigenvalue weighted by Crippen LogP contribution is -2.42. The fraction of sp³-hybridized carbons (Fsp3) is 0.176. The maximum Gasteiger partial charge on any atom is 0.407 e. The van der Waals surface area contributed by atoms with E-state index in [-0.39, 0.29) is 19.1 Å². The summed E-state index contributed by atoms with van der Waals surface area (Å²) in [6, 6.07) is 10.8. The second kappa shape index (κ2) is 6.23. The molecule has 8 nitrogen and oxygen atoms in total. The number of benzene rings is 1. The largest absolute Gasteiger partial charge is 0.447 e. The topological polar surface area (TPSA) is 98.1 Å². The van der Waals surface area contributed by atoms with Gasteiger partial charge in [-0.05, 0) is 18.2 Å². The van der Waals surface area contributed by atoms with Crippen LogP contribution in [0.5, 0.6) is 0 Å². The van der Waals surface area contributed by atoms with Gasteiger partial charge >= 0.3 is 6.09 Å². The molecule has 0 aliphatic carbocycles. The van der Waals surface area contributed by atoms with E-state index < -0.39 is 12.1 Å². The Morgan fingerprint density at radius 1 is 1.28 bits per heavy atom. The highest BCUT2D eigenvalue weighted by Gasteiger charge is 2.28. The number of nitrogens with zero attached hydrogens (tertiary/aromatic N) is 3. The molecule has 3 aromatic rings. The fourth-order valence-corrected chi connectivity index (χ4v) is 2.74. The average molecular weight is 337 g/mol. The zero-order valence-electron chi connectivity index (χ0n) is 13.2. The minimum Gasteiger partial charge on any atom is -0.447 e. The molecule has 1 saturated heterocycles. The number of cyclic esters (lactones) is 1. The molecule has 126 valence electrons. The Morgan fingerprint density at radius 3 is 3.00 bits per heavy atom. The van der Waals surface area contributed by atoms with Gasteiger partial charge in [0.1, 0.15) is 24.8 Å². The molecular formula is C17H15N5O3. The van der Waals surface area contributed by atoms with Crippen LogP contribution in [0.1, 0.15) is 5.56 Å². The Morgan fingerprint density at radius 2 is 2.16 bits per heavy atom. The van der Waals surface area contributed by atoms with E-state index in [1.807, 2.05) is 41.0 Å². The highest BCUT2D eigenvalue weighted by Crippen LogP contribution is 2.19. The molecule has 2 N–H and O–H groups in total. The number of rotatable bonds is 4. The quantitative estimate of drug-likeness (QED) is 0.744. The predicted octanol–water partition coefficient (Wildman–Crippen LogP) is 1.15. The van der Waals surface area contributed by atoms with Crippen LogP contribution >= 0.6 is 0 Å². The number of alkyl carbamates (subject to hydrolysis) is 1. The zero-order valence-corrected chi connectivity index (χ0v) is 13.2. The summed E-state index contributed by atoms with van der Waals surface area (Å²) in [5.74, 6) is 0.402. The van der Waals surface area contributed by atoms with E-state index >= 15 is 0 Å². The summed E-state index contributed by atoms with van der Waals surface area (Å²) in [5.41, 5.74) is 2.64. The molecular weight excluding hydrogens is 322 g/mol. The summed E-state index contributed by atoms with van der Waals surface area (Å²) in [7, 11) is 0. The monoisotopic (exact) mass is 337 g/mol. The number of imidazole rings is 1. The maximum atomic E-state index is 12.1. The first-order valence-electron chi connectivity index (χ1n) is 7.80. The molecule has 0 unspecified atom stereocenters. The first kappa shape index (κ1) is 15.1. The van der Waals surface area contributed by atoms with Gasteiger partial charge in [-0.15, -0.1) is 0 Å². The van der Waals surface area contributed by atoms with Gasteiger partial charge in [-0.3, -0.25) is 9.36 Å². The molecule has 8 heteroatoms. The fourth-order valence-electron chi connectivity index (χ4n) is 2.74. The lowest BCUT2D eigenvalue weighted by atomic mass is 10.2. The molecule has 0 saturated carbocycles. The minimum absolute atomic E-state index is 0.0384. The second-order valence-corrected chi connectivity index (χ2v) is 5.60. The van der Waals surface area contributed by atoms with Crippen LogP contribution in [-0.4, -0.2) is 39.2 Å². The predicted molar refractivity (Wildman–Crippen MR) is 89.0 cm³/mol. The highest BCUT2D eigenvalue weighted by atomic mass is 16.6. The van der Waals surface area contributed by atoms with Crippen molar-refractivity contribution in [2.45, 2.75) is 12.6 Å². The summed E-state index contributed by atoms with van der Waals surface area (Å²) < 4.78 is 6.62. The molecule has 3 heterocycles. The molecule has 1 atom stereocenters. The van der Waals surface area contributed by atoms with Crippen molar-refractivity contribution >= 4 is 23.0 Å². The van der Waals surface area contributed by atoms with Crippen LogP contribution < -0.4 is 10.6 Å². The number of hydrogen-bond acceptors (Lipinski definition) is 5. The zero-order chi connectivity index (χ0) is 17.2. The van der Waals surface area contributed by atoms with Crippen molar-refractivity contribution in [2.75, 3.05) is 6.61 Å². The van der Waals surface area contributed by atoms with Crippen molar-refractivity contribution in [1.82, 2.24) is 25.2 Å². The molecule has 0 radical (unpaired) electrons. The number of fused-ring (bicyclic) bond motifs is 1. The molecule has 2 amide bonds. The summed E-state index contributed by atoms with van der Waals surface area (Å²) >= 11 is 0. The maximum absolute atomic E-state index is 12.1. The van der Waals surface area contributed by atoms with Crippen LogP contribution in [0.25, 0.3) is 16.9 Å². The lowest BCUT2D eigenvalue weighted by molar-refractivity contribution is -0.122. The molecule has 1 aliphatic heterocycles. The van der Waals surface area contributed by atoms with Gasteiger partial charge in [0.25, 0.3) is 0 Å². The number of amides is 2. The van der Waals surface area contributed by atoms with Gasteiger partial charge in [-0.1, -0.05) is 18.2 Å². The Balaban J connectivity index is 1.57. The SMILES string of the molecule is O=C1N[C@@H](C(=O)NCc2cccnc2-n2cnc3ccccc32)CO1. The van der Waals surface area contributed by atoms with Gasteiger partial charge in [0.15, 0.2) is 0 Å². The van der Waals surface area contributed by atoms with Gasteiger partial charge in [0, 0.05) is 18.3 Å². The van der Waals surface area contributed by atoms with Gasteiger partial charge in [-0.2, -0.15) is 0 Å². The van der Waals surface area contributed by atoms with E-state index in [1.54, 1.807) is 12.5 Å². The smallest absolute Gasteiger partial charge is 0.407 e. The normalized spacial score (nSPS) is 16.5. The third kappa shape index (κ3) is 2.89. The van der Waals surface area contributed by atoms with Crippen molar-refractivity contribution < 1.29 is 14.3 Å². The van der Waals surface area contributed by atoms with Gasteiger partial charge in [0.2, 0.25) is 5.91 Å². The number of hydrogen-bond donors (Lipinski definition) is 2. The average Bonchev–Trinajstić information content (AvgIpc) is 3.26. The Hall–Kier alpha value is -3.42. The van der Waals surface area contributed by atoms with Crippen molar-refractivity contribution in [1.29, 1.82) is 0 Å². The Kier molecular flexibility index (Phi) is 3.77. The van der Waals surface area contributed by atoms with E-state index in [9.17, 15) is 9.59 Å². The summed E-state index contributed by atoms with van der Waals surface area (Å²) in [5, 5.41) is 5.26. The third-order valence-corrected chi connectivity index (χ3v) is 3.99. The molecule has 25 heavy (non-hydrogen) atoms. The van der Waals surface area contributed by atoms with Crippen molar-refractivity contribution in [2.24, 2.45) is 0 Å². The Labute approximate surface area is 142 Å². The van der Waals surface area contributed by atoms with Crippen molar-refractivity contribution in [3.05, 3.63) is 54.5 Å². The van der Waals surface area contributed by atoms with Gasteiger partial charge in [0.05, 0.1) is 11.0 Å². The molecule has 4 rings (SSSR count). The Bertz CT molecular complexity index is 952. The number of ether oxygens (including phenoxy) is 1. The first-order chi connectivity index (χ1) is 12.2. The molecule has 1 aliphatic rings. The molecule has 0 spiro atoms. The van der Waals surface area contributed by atoms with Crippen LogP contribution in [-0.2, 0) is 16.1 Å². The minimum atomic E-state index is -0.665. The number of nitrogens with one attached hydrogen (secondary N) is 2. The summed E-state index contributed by atoms with van der Waals surface area (Å²) in [6.07, 6.45) is 2.83. The van der Waals surface area contributed by atoms with E-state index in [1.165, 1.54) is 0 Å². The van der Waals surface area contributed by atoms with Crippen molar-refractivity contribution in [3.63, 3.8) is 0 Å². The van der Waals surface area contributed by atoms with Crippen LogP contribution in [0.3, 0.4) is 0 Å². The van der Waals surface area contributed by atoms with Crippen LogP contribution in [0.15, 0.2) is 48.9 Å². The summed E-state index contributed by atoms with van der Waals surface area (Å²) in [4.78, 5) is 32.0. The molecule has 0 bridgehead atoms. The standard InChI is InChI=1S/C17H15N5O3/c23-16(13-9-25-17(24)21-13)19-8-11-4-3-7-18-15(11)22-10-20-12-5-1-2-6-14(12)22/h1-7,10,13H,8-9H2,(H,19,23)(H,21,24)/t13-/m1/s1.